The quantitative estimate of drug-likeness (QED) is 0.801. The molecule has 0 saturated carbocycles. The van der Waals surface area contributed by atoms with Crippen LogP contribution >= 0.6 is 0 Å². The minimum Gasteiger partial charge on any atom is -0.323 e. The first kappa shape index (κ1) is 12.2. The van der Waals surface area contributed by atoms with Crippen molar-refractivity contribution >= 4 is 0 Å². The van der Waals surface area contributed by atoms with Crippen molar-refractivity contribution in [2.45, 2.75) is 32.4 Å². The molecule has 0 radical (unpaired) electrons. The van der Waals surface area contributed by atoms with Crippen molar-refractivity contribution in [3.05, 3.63) is 35.9 Å². The standard InChI is InChI=1S/C13H22N2/c1-4-11(2)15(3)10-13(14)12-8-6-5-7-9-12/h5-9,11,13H,4,10,14H2,1-3H3. The summed E-state index contributed by atoms with van der Waals surface area (Å²) < 4.78 is 0. The maximum absolute atomic E-state index is 6.15. The van der Waals surface area contributed by atoms with Crippen LogP contribution in [0.3, 0.4) is 0 Å². The number of likely N-dealkylation sites (N-methyl/N-ethyl adjacent to an activating group) is 1. The zero-order chi connectivity index (χ0) is 11.3. The van der Waals surface area contributed by atoms with E-state index in [0.29, 0.717) is 6.04 Å². The summed E-state index contributed by atoms with van der Waals surface area (Å²) in [7, 11) is 2.14. The third-order valence-corrected chi connectivity index (χ3v) is 3.06. The van der Waals surface area contributed by atoms with Gasteiger partial charge in [-0.15, -0.1) is 0 Å². The molecule has 15 heavy (non-hydrogen) atoms. The zero-order valence-electron chi connectivity index (χ0n) is 9.98. The normalized spacial score (nSPS) is 15.3. The van der Waals surface area contributed by atoms with Gasteiger partial charge in [-0.1, -0.05) is 37.3 Å². The average molecular weight is 206 g/mol. The third-order valence-electron chi connectivity index (χ3n) is 3.06. The molecule has 2 nitrogen and oxygen atoms in total. The van der Waals surface area contributed by atoms with E-state index in [2.05, 4.69) is 37.9 Å². The Bertz CT molecular complexity index is 271. The molecule has 0 aromatic heterocycles. The number of nitrogens with zero attached hydrogens (tertiary/aromatic N) is 1. The molecule has 0 spiro atoms. The summed E-state index contributed by atoms with van der Waals surface area (Å²) in [6.45, 7) is 5.35. The molecule has 0 aliphatic rings. The zero-order valence-corrected chi connectivity index (χ0v) is 9.98. The van der Waals surface area contributed by atoms with Crippen LogP contribution in [0.25, 0.3) is 0 Å². The van der Waals surface area contributed by atoms with Crippen molar-refractivity contribution < 1.29 is 0 Å². The highest BCUT2D eigenvalue weighted by Crippen LogP contribution is 2.12. The molecule has 0 saturated heterocycles. The van der Waals surface area contributed by atoms with E-state index in [0.717, 1.165) is 13.0 Å². The fraction of sp³-hybridized carbons (Fsp3) is 0.538. The van der Waals surface area contributed by atoms with Gasteiger partial charge in [0.05, 0.1) is 0 Å². The van der Waals surface area contributed by atoms with Gasteiger partial charge in [0.2, 0.25) is 0 Å². The lowest BCUT2D eigenvalue weighted by molar-refractivity contribution is 0.237. The first-order valence-electron chi connectivity index (χ1n) is 5.66. The summed E-state index contributed by atoms with van der Waals surface area (Å²) in [4.78, 5) is 2.32. The van der Waals surface area contributed by atoms with Crippen LogP contribution in [0.5, 0.6) is 0 Å². The molecule has 2 heteroatoms. The monoisotopic (exact) mass is 206 g/mol. The minimum absolute atomic E-state index is 0.116. The lowest BCUT2D eigenvalue weighted by Gasteiger charge is -2.26. The summed E-state index contributed by atoms with van der Waals surface area (Å²) >= 11 is 0. The molecule has 0 aliphatic heterocycles. The smallest absolute Gasteiger partial charge is 0.0424 e. The van der Waals surface area contributed by atoms with Crippen LogP contribution < -0.4 is 5.73 Å². The van der Waals surface area contributed by atoms with Gasteiger partial charge < -0.3 is 10.6 Å². The van der Waals surface area contributed by atoms with Crippen LogP contribution in [0.15, 0.2) is 30.3 Å². The Labute approximate surface area is 93.1 Å². The number of benzene rings is 1. The van der Waals surface area contributed by atoms with Crippen LogP contribution in [0, 0.1) is 0 Å². The molecule has 2 unspecified atom stereocenters. The predicted octanol–water partition coefficient (Wildman–Crippen LogP) is 2.42. The van der Waals surface area contributed by atoms with Crippen molar-refractivity contribution in [3.63, 3.8) is 0 Å². The Hall–Kier alpha value is -0.860. The molecule has 2 N–H and O–H groups in total. The molecule has 84 valence electrons. The molecule has 1 aromatic carbocycles. The maximum Gasteiger partial charge on any atom is 0.0424 e. The summed E-state index contributed by atoms with van der Waals surface area (Å²) in [6, 6.07) is 11.0. The lowest BCUT2D eigenvalue weighted by atomic mass is 10.1. The Balaban J connectivity index is 2.52. The van der Waals surface area contributed by atoms with Gasteiger partial charge in [0, 0.05) is 18.6 Å². The molecular formula is C13H22N2. The van der Waals surface area contributed by atoms with Crippen LogP contribution in [-0.4, -0.2) is 24.5 Å². The fourth-order valence-electron chi connectivity index (χ4n) is 1.61. The van der Waals surface area contributed by atoms with E-state index in [1.54, 1.807) is 0 Å². The topological polar surface area (TPSA) is 29.3 Å². The largest absolute Gasteiger partial charge is 0.323 e. The van der Waals surface area contributed by atoms with Crippen molar-refractivity contribution in [3.8, 4) is 0 Å². The molecule has 0 fully saturated rings. The Morgan fingerprint density at radius 1 is 1.27 bits per heavy atom. The van der Waals surface area contributed by atoms with E-state index in [9.17, 15) is 0 Å². The number of hydrogen-bond donors (Lipinski definition) is 1. The van der Waals surface area contributed by atoms with Gasteiger partial charge in [0.15, 0.2) is 0 Å². The third kappa shape index (κ3) is 3.65. The predicted molar refractivity (Wildman–Crippen MR) is 65.8 cm³/mol. The van der Waals surface area contributed by atoms with Crippen LogP contribution in [0.4, 0.5) is 0 Å². The first-order chi connectivity index (χ1) is 7.15. The van der Waals surface area contributed by atoms with E-state index < -0.39 is 0 Å². The molecule has 0 heterocycles. The van der Waals surface area contributed by atoms with Crippen LogP contribution in [0.2, 0.25) is 0 Å². The lowest BCUT2D eigenvalue weighted by Crippen LogP contribution is -2.35. The van der Waals surface area contributed by atoms with Crippen molar-refractivity contribution in [1.82, 2.24) is 4.90 Å². The highest BCUT2D eigenvalue weighted by molar-refractivity contribution is 5.18. The number of hydrogen-bond acceptors (Lipinski definition) is 2. The molecule has 0 amide bonds. The van der Waals surface area contributed by atoms with Gasteiger partial charge in [-0.3, -0.25) is 0 Å². The van der Waals surface area contributed by atoms with E-state index in [4.69, 9.17) is 5.73 Å². The van der Waals surface area contributed by atoms with Gasteiger partial charge in [0.25, 0.3) is 0 Å². The SMILES string of the molecule is CCC(C)N(C)CC(N)c1ccccc1. The van der Waals surface area contributed by atoms with E-state index in [1.807, 2.05) is 18.2 Å². The molecular weight excluding hydrogens is 184 g/mol. The molecule has 1 rings (SSSR count). The Kier molecular flexibility index (Phi) is 4.79. The second-order valence-corrected chi connectivity index (χ2v) is 4.21. The fourth-order valence-corrected chi connectivity index (χ4v) is 1.61. The van der Waals surface area contributed by atoms with Gasteiger partial charge in [-0.2, -0.15) is 0 Å². The van der Waals surface area contributed by atoms with Crippen molar-refractivity contribution in [1.29, 1.82) is 0 Å². The highest BCUT2D eigenvalue weighted by Gasteiger charge is 2.12. The Morgan fingerprint density at radius 3 is 2.40 bits per heavy atom. The van der Waals surface area contributed by atoms with Gasteiger partial charge in [-0.05, 0) is 26.0 Å². The summed E-state index contributed by atoms with van der Waals surface area (Å²) in [5.74, 6) is 0. The maximum atomic E-state index is 6.15. The molecule has 0 aliphatic carbocycles. The minimum atomic E-state index is 0.116. The highest BCUT2D eigenvalue weighted by atomic mass is 15.1. The Morgan fingerprint density at radius 2 is 1.87 bits per heavy atom. The second kappa shape index (κ2) is 5.89. The summed E-state index contributed by atoms with van der Waals surface area (Å²) in [5, 5.41) is 0. The van der Waals surface area contributed by atoms with Crippen molar-refractivity contribution in [2.75, 3.05) is 13.6 Å². The average Bonchev–Trinajstić information content (AvgIpc) is 2.29. The second-order valence-electron chi connectivity index (χ2n) is 4.21. The van der Waals surface area contributed by atoms with Crippen LogP contribution in [0.1, 0.15) is 31.9 Å². The molecule has 0 bridgehead atoms. The first-order valence-corrected chi connectivity index (χ1v) is 5.66. The van der Waals surface area contributed by atoms with Gasteiger partial charge in [0.1, 0.15) is 0 Å². The molecule has 2 atom stereocenters. The van der Waals surface area contributed by atoms with Gasteiger partial charge in [-0.25, -0.2) is 0 Å². The summed E-state index contributed by atoms with van der Waals surface area (Å²) in [5.41, 5.74) is 7.36. The molecule has 1 aromatic rings. The number of rotatable bonds is 5. The van der Waals surface area contributed by atoms with E-state index in [1.165, 1.54) is 5.56 Å². The summed E-state index contributed by atoms with van der Waals surface area (Å²) in [6.07, 6.45) is 1.16. The van der Waals surface area contributed by atoms with E-state index in [-0.39, 0.29) is 6.04 Å². The van der Waals surface area contributed by atoms with Crippen molar-refractivity contribution in [2.24, 2.45) is 5.73 Å². The van der Waals surface area contributed by atoms with Crippen LogP contribution in [-0.2, 0) is 0 Å². The van der Waals surface area contributed by atoms with Gasteiger partial charge >= 0.3 is 0 Å². The number of nitrogens with two attached hydrogens (primary N) is 1. The van der Waals surface area contributed by atoms with E-state index >= 15 is 0 Å².